The molecule has 0 aliphatic carbocycles. The lowest BCUT2D eigenvalue weighted by molar-refractivity contribution is -0.142. The summed E-state index contributed by atoms with van der Waals surface area (Å²) >= 11 is 0. The summed E-state index contributed by atoms with van der Waals surface area (Å²) in [5.74, 6) is -1.58. The van der Waals surface area contributed by atoms with Crippen molar-refractivity contribution >= 4 is 11.7 Å². The molecular formula is C14H13F3N2O2. The smallest absolute Gasteiger partial charge is 0.417 e. The quantitative estimate of drug-likeness (QED) is 0.911. The highest BCUT2D eigenvalue weighted by molar-refractivity contribution is 5.72. The van der Waals surface area contributed by atoms with Crippen LogP contribution < -0.4 is 4.90 Å². The Bertz CT molecular complexity index is 607. The van der Waals surface area contributed by atoms with Crippen LogP contribution in [-0.2, 0) is 11.0 Å². The average molecular weight is 298 g/mol. The molecule has 1 N–H and O–H groups in total. The molecule has 2 rings (SSSR count). The van der Waals surface area contributed by atoms with Crippen LogP contribution in [-0.4, -0.2) is 24.2 Å². The number of hydrogen-bond donors (Lipinski definition) is 1. The summed E-state index contributed by atoms with van der Waals surface area (Å²) in [6, 6.07) is 4.86. The normalized spacial score (nSPS) is 22.1. The van der Waals surface area contributed by atoms with Gasteiger partial charge >= 0.3 is 12.1 Å². The molecule has 1 aliphatic rings. The maximum atomic E-state index is 12.7. The van der Waals surface area contributed by atoms with E-state index in [4.69, 9.17) is 10.4 Å². The second-order valence-corrected chi connectivity index (χ2v) is 5.17. The van der Waals surface area contributed by atoms with Crippen molar-refractivity contribution in [1.29, 1.82) is 5.26 Å². The molecule has 112 valence electrons. The topological polar surface area (TPSA) is 64.3 Å². The van der Waals surface area contributed by atoms with Crippen molar-refractivity contribution in [3.05, 3.63) is 29.3 Å². The molecule has 7 heteroatoms. The van der Waals surface area contributed by atoms with Crippen molar-refractivity contribution in [3.8, 4) is 6.07 Å². The van der Waals surface area contributed by atoms with Gasteiger partial charge in [-0.05, 0) is 24.1 Å². The van der Waals surface area contributed by atoms with Gasteiger partial charge in [-0.15, -0.1) is 0 Å². The van der Waals surface area contributed by atoms with Gasteiger partial charge in [-0.1, -0.05) is 6.92 Å². The number of halogens is 3. The molecule has 4 nitrogen and oxygen atoms in total. The molecule has 1 heterocycles. The number of rotatable bonds is 2. The largest absolute Gasteiger partial charge is 0.481 e. The molecule has 1 aromatic carbocycles. The summed E-state index contributed by atoms with van der Waals surface area (Å²) in [4.78, 5) is 12.8. The van der Waals surface area contributed by atoms with Crippen LogP contribution in [0.25, 0.3) is 0 Å². The van der Waals surface area contributed by atoms with Gasteiger partial charge in [-0.25, -0.2) is 0 Å². The molecule has 2 atom stereocenters. The Kier molecular flexibility index (Phi) is 3.81. The van der Waals surface area contributed by atoms with E-state index in [2.05, 4.69) is 0 Å². The Labute approximate surface area is 119 Å². The van der Waals surface area contributed by atoms with Crippen LogP contribution in [0.2, 0.25) is 0 Å². The highest BCUT2D eigenvalue weighted by Gasteiger charge is 2.37. The van der Waals surface area contributed by atoms with Crippen molar-refractivity contribution < 1.29 is 23.1 Å². The van der Waals surface area contributed by atoms with Crippen molar-refractivity contribution in [3.63, 3.8) is 0 Å². The molecular weight excluding hydrogens is 285 g/mol. The Morgan fingerprint density at radius 1 is 1.43 bits per heavy atom. The highest BCUT2D eigenvalue weighted by Crippen LogP contribution is 2.35. The number of carbonyl (C=O) groups is 1. The predicted molar refractivity (Wildman–Crippen MR) is 68.7 cm³/mol. The zero-order chi connectivity index (χ0) is 15.8. The minimum Gasteiger partial charge on any atom is -0.481 e. The van der Waals surface area contributed by atoms with Crippen molar-refractivity contribution in [1.82, 2.24) is 0 Å². The molecule has 0 amide bonds. The van der Waals surface area contributed by atoms with E-state index in [1.807, 2.05) is 0 Å². The van der Waals surface area contributed by atoms with Crippen LogP contribution in [0, 0.1) is 23.2 Å². The summed E-state index contributed by atoms with van der Waals surface area (Å²) in [5.41, 5.74) is -0.989. The van der Waals surface area contributed by atoms with Gasteiger partial charge in [0.1, 0.15) is 0 Å². The number of nitriles is 1. The van der Waals surface area contributed by atoms with Gasteiger partial charge in [0.05, 0.1) is 23.1 Å². The van der Waals surface area contributed by atoms with Crippen molar-refractivity contribution in [2.45, 2.75) is 13.1 Å². The Balaban J connectivity index is 2.31. The number of carboxylic acid groups (broad SMARTS) is 1. The molecule has 0 aromatic heterocycles. The van der Waals surface area contributed by atoms with Crippen LogP contribution in [0.5, 0.6) is 0 Å². The molecule has 1 fully saturated rings. The summed E-state index contributed by atoms with van der Waals surface area (Å²) in [7, 11) is 0. The number of hydrogen-bond acceptors (Lipinski definition) is 3. The van der Waals surface area contributed by atoms with E-state index < -0.39 is 29.2 Å². The number of benzene rings is 1. The van der Waals surface area contributed by atoms with Gasteiger partial charge < -0.3 is 10.0 Å². The lowest BCUT2D eigenvalue weighted by atomic mass is 9.99. The number of anilines is 1. The van der Waals surface area contributed by atoms with E-state index in [9.17, 15) is 18.0 Å². The van der Waals surface area contributed by atoms with E-state index in [0.29, 0.717) is 12.2 Å². The zero-order valence-electron chi connectivity index (χ0n) is 11.2. The first kappa shape index (κ1) is 15.2. The SMILES string of the molecule is C[C@@H]1CN(c2ccc(C(F)(F)F)c(C#N)c2)C[C@H]1C(=O)O. The average Bonchev–Trinajstić information content (AvgIpc) is 2.79. The highest BCUT2D eigenvalue weighted by atomic mass is 19.4. The standard InChI is InChI=1S/C14H13F3N2O2/c1-8-6-19(7-11(8)13(20)21)10-2-3-12(14(15,16)17)9(4-10)5-18/h2-4,8,11H,6-7H2,1H3,(H,20,21)/t8-,11-/m1/s1. The van der Waals surface area contributed by atoms with E-state index in [-0.39, 0.29) is 12.5 Å². The van der Waals surface area contributed by atoms with Gasteiger partial charge in [0.2, 0.25) is 0 Å². The maximum Gasteiger partial charge on any atom is 0.417 e. The fraction of sp³-hybridized carbons (Fsp3) is 0.429. The van der Waals surface area contributed by atoms with Gasteiger partial charge in [0.25, 0.3) is 0 Å². The first-order valence-electron chi connectivity index (χ1n) is 6.33. The van der Waals surface area contributed by atoms with Gasteiger partial charge in [-0.3, -0.25) is 4.79 Å². The molecule has 0 saturated carbocycles. The molecule has 1 aliphatic heterocycles. The fourth-order valence-corrected chi connectivity index (χ4v) is 2.57. The Hall–Kier alpha value is -2.23. The predicted octanol–water partition coefficient (Wildman–Crippen LogP) is 2.73. The molecule has 0 spiro atoms. The minimum absolute atomic E-state index is 0.102. The number of nitrogens with zero attached hydrogens (tertiary/aromatic N) is 2. The molecule has 0 radical (unpaired) electrons. The second-order valence-electron chi connectivity index (χ2n) is 5.17. The number of alkyl halides is 3. The molecule has 0 bridgehead atoms. The summed E-state index contributed by atoms with van der Waals surface area (Å²) in [5, 5.41) is 18.0. The number of aliphatic carboxylic acids is 1. The van der Waals surface area contributed by atoms with Crippen molar-refractivity contribution in [2.75, 3.05) is 18.0 Å². The lowest BCUT2D eigenvalue weighted by Gasteiger charge is -2.19. The van der Waals surface area contributed by atoms with Crippen LogP contribution in [0.4, 0.5) is 18.9 Å². The molecule has 21 heavy (non-hydrogen) atoms. The third-order valence-corrected chi connectivity index (χ3v) is 3.72. The third-order valence-electron chi connectivity index (χ3n) is 3.72. The van der Waals surface area contributed by atoms with Gasteiger partial charge in [-0.2, -0.15) is 18.4 Å². The first-order chi connectivity index (χ1) is 9.74. The molecule has 1 aromatic rings. The first-order valence-corrected chi connectivity index (χ1v) is 6.33. The summed E-state index contributed by atoms with van der Waals surface area (Å²) < 4.78 is 38.2. The Morgan fingerprint density at radius 2 is 2.10 bits per heavy atom. The fourth-order valence-electron chi connectivity index (χ4n) is 2.57. The minimum atomic E-state index is -4.58. The van der Waals surface area contributed by atoms with E-state index in [0.717, 1.165) is 6.07 Å². The van der Waals surface area contributed by atoms with Gasteiger partial charge in [0, 0.05) is 18.8 Å². The molecule has 0 unspecified atom stereocenters. The third kappa shape index (κ3) is 2.94. The van der Waals surface area contributed by atoms with E-state index in [1.165, 1.54) is 12.1 Å². The van der Waals surface area contributed by atoms with Gasteiger partial charge in [0.15, 0.2) is 0 Å². The lowest BCUT2D eigenvalue weighted by Crippen LogP contribution is -2.23. The second kappa shape index (κ2) is 5.28. The summed E-state index contributed by atoms with van der Waals surface area (Å²) in [6.45, 7) is 2.45. The molecule has 1 saturated heterocycles. The van der Waals surface area contributed by atoms with Crippen molar-refractivity contribution in [2.24, 2.45) is 11.8 Å². The Morgan fingerprint density at radius 3 is 2.57 bits per heavy atom. The number of carboxylic acids is 1. The maximum absolute atomic E-state index is 12.7. The summed E-state index contributed by atoms with van der Waals surface area (Å²) in [6.07, 6.45) is -4.58. The zero-order valence-corrected chi connectivity index (χ0v) is 11.2. The van der Waals surface area contributed by atoms with Crippen LogP contribution in [0.1, 0.15) is 18.1 Å². The van der Waals surface area contributed by atoms with Crippen LogP contribution >= 0.6 is 0 Å². The van der Waals surface area contributed by atoms with E-state index >= 15 is 0 Å². The van der Waals surface area contributed by atoms with Crippen LogP contribution in [0.3, 0.4) is 0 Å². The van der Waals surface area contributed by atoms with E-state index in [1.54, 1.807) is 17.9 Å². The van der Waals surface area contributed by atoms with Crippen LogP contribution in [0.15, 0.2) is 18.2 Å². The monoisotopic (exact) mass is 298 g/mol.